The van der Waals surface area contributed by atoms with E-state index in [1.54, 1.807) is 0 Å². The first-order chi connectivity index (χ1) is 10.2. The molecule has 0 aliphatic heterocycles. The number of hydrogen-bond acceptors (Lipinski definition) is 1. The zero-order chi connectivity index (χ0) is 15.3. The van der Waals surface area contributed by atoms with Crippen LogP contribution >= 0.6 is 0 Å². The lowest BCUT2D eigenvalue weighted by molar-refractivity contribution is 0.507. The Kier molecular flexibility index (Phi) is 10.2. The number of nitrogens with one attached hydrogen (secondary N) is 1. The van der Waals surface area contributed by atoms with Crippen LogP contribution in [0.25, 0.3) is 0 Å². The standard InChI is InChI=1S/C20H35N/c1-4-5-6-7-8-9-10-13-16-21-19(3)17-20-15-12-11-14-18(20)2/h11-12,14-15,19,21H,4-10,13,16-17H2,1-3H3. The highest BCUT2D eigenvalue weighted by Crippen LogP contribution is 2.10. The highest BCUT2D eigenvalue weighted by Gasteiger charge is 2.04. The normalized spacial score (nSPS) is 12.5. The lowest BCUT2D eigenvalue weighted by Crippen LogP contribution is -2.29. The molecule has 0 heterocycles. The minimum atomic E-state index is 0.579. The maximum atomic E-state index is 3.67. The Hall–Kier alpha value is -0.820. The quantitative estimate of drug-likeness (QED) is 0.490. The van der Waals surface area contributed by atoms with Gasteiger partial charge in [0.05, 0.1) is 0 Å². The van der Waals surface area contributed by atoms with Gasteiger partial charge < -0.3 is 5.32 Å². The summed E-state index contributed by atoms with van der Waals surface area (Å²) in [4.78, 5) is 0. The average molecular weight is 290 g/mol. The van der Waals surface area contributed by atoms with Gasteiger partial charge in [-0.3, -0.25) is 0 Å². The summed E-state index contributed by atoms with van der Waals surface area (Å²) in [6, 6.07) is 9.31. The van der Waals surface area contributed by atoms with Crippen molar-refractivity contribution < 1.29 is 0 Å². The highest BCUT2D eigenvalue weighted by atomic mass is 14.9. The summed E-state index contributed by atoms with van der Waals surface area (Å²) in [6.07, 6.45) is 12.3. The molecular formula is C20H35N. The molecule has 1 unspecified atom stereocenters. The molecular weight excluding hydrogens is 254 g/mol. The Balaban J connectivity index is 1.99. The Bertz CT molecular complexity index is 359. The Labute approximate surface area is 132 Å². The third kappa shape index (κ3) is 8.93. The first kappa shape index (κ1) is 18.2. The molecule has 1 heteroatoms. The van der Waals surface area contributed by atoms with Crippen LogP contribution in [-0.2, 0) is 6.42 Å². The number of aryl methyl sites for hydroxylation is 1. The van der Waals surface area contributed by atoms with E-state index < -0.39 is 0 Å². The zero-order valence-corrected chi connectivity index (χ0v) is 14.5. The van der Waals surface area contributed by atoms with Crippen molar-refractivity contribution in [1.82, 2.24) is 5.32 Å². The van der Waals surface area contributed by atoms with Crippen molar-refractivity contribution in [2.45, 2.75) is 84.6 Å². The van der Waals surface area contributed by atoms with Crippen molar-refractivity contribution in [3.05, 3.63) is 35.4 Å². The molecule has 0 bridgehead atoms. The van der Waals surface area contributed by atoms with Crippen LogP contribution in [0.1, 0.15) is 76.3 Å². The van der Waals surface area contributed by atoms with E-state index in [1.165, 1.54) is 69.0 Å². The van der Waals surface area contributed by atoms with Crippen LogP contribution in [0.4, 0.5) is 0 Å². The van der Waals surface area contributed by atoms with E-state index in [9.17, 15) is 0 Å². The lowest BCUT2D eigenvalue weighted by Gasteiger charge is -2.15. The molecule has 0 aliphatic carbocycles. The van der Waals surface area contributed by atoms with Crippen LogP contribution in [0, 0.1) is 6.92 Å². The predicted molar refractivity (Wildman–Crippen MR) is 95.0 cm³/mol. The summed E-state index contributed by atoms with van der Waals surface area (Å²) >= 11 is 0. The Morgan fingerprint density at radius 2 is 1.52 bits per heavy atom. The summed E-state index contributed by atoms with van der Waals surface area (Å²) in [5.41, 5.74) is 2.90. The molecule has 0 fully saturated rings. The van der Waals surface area contributed by atoms with Gasteiger partial charge in [0, 0.05) is 6.04 Å². The van der Waals surface area contributed by atoms with Gasteiger partial charge in [0.2, 0.25) is 0 Å². The molecule has 1 nitrogen and oxygen atoms in total. The smallest absolute Gasteiger partial charge is 0.00792 e. The molecule has 0 aliphatic rings. The molecule has 1 N–H and O–H groups in total. The molecule has 0 aromatic heterocycles. The fourth-order valence-electron chi connectivity index (χ4n) is 2.85. The first-order valence-electron chi connectivity index (χ1n) is 9.02. The molecule has 120 valence electrons. The number of unbranched alkanes of at least 4 members (excludes halogenated alkanes) is 7. The van der Waals surface area contributed by atoms with Gasteiger partial charge in [-0.25, -0.2) is 0 Å². The molecule has 0 saturated heterocycles. The molecule has 1 aromatic carbocycles. The molecule has 21 heavy (non-hydrogen) atoms. The van der Waals surface area contributed by atoms with Crippen LogP contribution in [0.2, 0.25) is 0 Å². The highest BCUT2D eigenvalue weighted by molar-refractivity contribution is 5.26. The van der Waals surface area contributed by atoms with Crippen LogP contribution in [-0.4, -0.2) is 12.6 Å². The van der Waals surface area contributed by atoms with Crippen molar-refractivity contribution in [2.24, 2.45) is 0 Å². The average Bonchev–Trinajstić information content (AvgIpc) is 2.48. The fraction of sp³-hybridized carbons (Fsp3) is 0.700. The van der Waals surface area contributed by atoms with Gasteiger partial charge in [-0.15, -0.1) is 0 Å². The van der Waals surface area contributed by atoms with Gasteiger partial charge in [0.1, 0.15) is 0 Å². The van der Waals surface area contributed by atoms with Gasteiger partial charge in [0.15, 0.2) is 0 Å². The predicted octanol–water partition coefficient (Wildman–Crippen LogP) is 5.66. The summed E-state index contributed by atoms with van der Waals surface area (Å²) in [6.45, 7) is 7.96. The summed E-state index contributed by atoms with van der Waals surface area (Å²) in [7, 11) is 0. The van der Waals surface area contributed by atoms with E-state index in [1.807, 2.05) is 0 Å². The summed E-state index contributed by atoms with van der Waals surface area (Å²) in [5, 5.41) is 3.67. The van der Waals surface area contributed by atoms with E-state index in [4.69, 9.17) is 0 Å². The molecule has 1 rings (SSSR count). The van der Waals surface area contributed by atoms with Crippen molar-refractivity contribution in [2.75, 3.05) is 6.54 Å². The number of hydrogen-bond donors (Lipinski definition) is 1. The topological polar surface area (TPSA) is 12.0 Å². The SMILES string of the molecule is CCCCCCCCCCNC(C)Cc1ccccc1C. The van der Waals surface area contributed by atoms with Gasteiger partial charge in [-0.1, -0.05) is 76.1 Å². The van der Waals surface area contributed by atoms with Gasteiger partial charge in [0.25, 0.3) is 0 Å². The number of benzene rings is 1. The second-order valence-corrected chi connectivity index (χ2v) is 6.46. The molecule has 0 amide bonds. The largest absolute Gasteiger partial charge is 0.314 e. The first-order valence-corrected chi connectivity index (χ1v) is 9.02. The second-order valence-electron chi connectivity index (χ2n) is 6.46. The molecule has 0 spiro atoms. The van der Waals surface area contributed by atoms with Crippen LogP contribution in [0.5, 0.6) is 0 Å². The molecule has 0 radical (unpaired) electrons. The van der Waals surface area contributed by atoms with E-state index in [2.05, 4.69) is 50.4 Å². The monoisotopic (exact) mass is 289 g/mol. The van der Waals surface area contributed by atoms with Gasteiger partial charge in [-0.2, -0.15) is 0 Å². The van der Waals surface area contributed by atoms with Gasteiger partial charge >= 0.3 is 0 Å². The van der Waals surface area contributed by atoms with Crippen molar-refractivity contribution >= 4 is 0 Å². The summed E-state index contributed by atoms with van der Waals surface area (Å²) in [5.74, 6) is 0. The van der Waals surface area contributed by atoms with Crippen LogP contribution in [0.15, 0.2) is 24.3 Å². The van der Waals surface area contributed by atoms with E-state index in [0.717, 1.165) is 6.42 Å². The third-order valence-corrected chi connectivity index (χ3v) is 4.31. The summed E-state index contributed by atoms with van der Waals surface area (Å²) < 4.78 is 0. The Morgan fingerprint density at radius 1 is 0.905 bits per heavy atom. The van der Waals surface area contributed by atoms with Crippen LogP contribution < -0.4 is 5.32 Å². The maximum Gasteiger partial charge on any atom is 0.00792 e. The minimum Gasteiger partial charge on any atom is -0.314 e. The molecule has 0 saturated carbocycles. The van der Waals surface area contributed by atoms with Crippen LogP contribution in [0.3, 0.4) is 0 Å². The van der Waals surface area contributed by atoms with E-state index in [-0.39, 0.29) is 0 Å². The molecule has 1 atom stereocenters. The molecule has 1 aromatic rings. The maximum absolute atomic E-state index is 3.67. The fourth-order valence-corrected chi connectivity index (χ4v) is 2.85. The van der Waals surface area contributed by atoms with Crippen molar-refractivity contribution in [3.8, 4) is 0 Å². The van der Waals surface area contributed by atoms with E-state index >= 15 is 0 Å². The van der Waals surface area contributed by atoms with E-state index in [0.29, 0.717) is 6.04 Å². The lowest BCUT2D eigenvalue weighted by atomic mass is 10.0. The van der Waals surface area contributed by atoms with Gasteiger partial charge in [-0.05, 0) is 44.4 Å². The zero-order valence-electron chi connectivity index (χ0n) is 14.5. The Morgan fingerprint density at radius 3 is 2.19 bits per heavy atom. The van der Waals surface area contributed by atoms with Crippen molar-refractivity contribution in [1.29, 1.82) is 0 Å². The minimum absolute atomic E-state index is 0.579. The second kappa shape index (κ2) is 11.8. The number of rotatable bonds is 12. The van der Waals surface area contributed by atoms with Crippen molar-refractivity contribution in [3.63, 3.8) is 0 Å². The third-order valence-electron chi connectivity index (χ3n) is 4.31.